The van der Waals surface area contributed by atoms with Gasteiger partial charge in [0.25, 0.3) is 5.91 Å². The Kier molecular flexibility index (Phi) is 5.63. The van der Waals surface area contributed by atoms with Gasteiger partial charge in [-0.25, -0.2) is 14.2 Å². The molecule has 30 heavy (non-hydrogen) atoms. The molecule has 3 amide bonds. The standard InChI is InChI=1S/C22H18ClFN4O2/c23-17-3-1-2-16(12-17)21(29)26-19-8-9-20(25-13-19)28-11-10-27(22(28)30)14-15-4-6-18(24)7-5-15/h1-9,12-13H,10-11,14H2,(H,26,29). The Morgan fingerprint density at radius 2 is 1.90 bits per heavy atom. The minimum atomic E-state index is -0.306. The van der Waals surface area contributed by atoms with E-state index in [1.54, 1.807) is 58.3 Å². The second-order valence-corrected chi connectivity index (χ2v) is 7.29. The SMILES string of the molecule is O=C(Nc1ccc(N2CCN(Cc3ccc(F)cc3)C2=O)nc1)c1cccc(Cl)c1. The number of benzene rings is 2. The Morgan fingerprint density at radius 1 is 1.10 bits per heavy atom. The van der Waals surface area contributed by atoms with Gasteiger partial charge in [-0.1, -0.05) is 29.8 Å². The van der Waals surface area contributed by atoms with Gasteiger partial charge in [0, 0.05) is 30.2 Å². The van der Waals surface area contributed by atoms with Gasteiger partial charge in [0.15, 0.2) is 0 Å². The third-order valence-corrected chi connectivity index (χ3v) is 4.99. The average Bonchev–Trinajstić information content (AvgIpc) is 3.10. The lowest BCUT2D eigenvalue weighted by molar-refractivity contribution is 0.102. The summed E-state index contributed by atoms with van der Waals surface area (Å²) in [4.78, 5) is 32.6. The van der Waals surface area contributed by atoms with E-state index in [9.17, 15) is 14.0 Å². The lowest BCUT2D eigenvalue weighted by Crippen LogP contribution is -2.31. The third kappa shape index (κ3) is 4.41. The van der Waals surface area contributed by atoms with Crippen molar-refractivity contribution in [2.75, 3.05) is 23.3 Å². The molecule has 1 N–H and O–H groups in total. The van der Waals surface area contributed by atoms with Crippen LogP contribution in [0, 0.1) is 5.82 Å². The van der Waals surface area contributed by atoms with Crippen LogP contribution in [0.1, 0.15) is 15.9 Å². The van der Waals surface area contributed by atoms with Crippen molar-refractivity contribution in [1.82, 2.24) is 9.88 Å². The van der Waals surface area contributed by atoms with Crippen LogP contribution in [0.3, 0.4) is 0 Å². The summed E-state index contributed by atoms with van der Waals surface area (Å²) in [6.45, 7) is 1.45. The molecular weight excluding hydrogens is 407 g/mol. The van der Waals surface area contributed by atoms with Crippen molar-refractivity contribution in [3.05, 3.63) is 88.8 Å². The van der Waals surface area contributed by atoms with Crippen molar-refractivity contribution in [2.24, 2.45) is 0 Å². The lowest BCUT2D eigenvalue weighted by atomic mass is 10.2. The highest BCUT2D eigenvalue weighted by Crippen LogP contribution is 2.22. The second kappa shape index (κ2) is 8.51. The van der Waals surface area contributed by atoms with Gasteiger partial charge in [-0.2, -0.15) is 0 Å². The van der Waals surface area contributed by atoms with E-state index >= 15 is 0 Å². The summed E-state index contributed by atoms with van der Waals surface area (Å²) in [5.41, 5.74) is 1.81. The zero-order valence-corrected chi connectivity index (χ0v) is 16.6. The number of hydrogen-bond acceptors (Lipinski definition) is 3. The number of aromatic nitrogens is 1. The van der Waals surface area contributed by atoms with Gasteiger partial charge in [0.05, 0.1) is 11.9 Å². The second-order valence-electron chi connectivity index (χ2n) is 6.85. The van der Waals surface area contributed by atoms with Crippen LogP contribution >= 0.6 is 11.6 Å². The highest BCUT2D eigenvalue weighted by atomic mass is 35.5. The van der Waals surface area contributed by atoms with E-state index in [-0.39, 0.29) is 17.8 Å². The van der Waals surface area contributed by atoms with Crippen molar-refractivity contribution in [3.8, 4) is 0 Å². The number of nitrogens with one attached hydrogen (secondary N) is 1. The maximum Gasteiger partial charge on any atom is 0.326 e. The number of nitrogens with zero attached hydrogens (tertiary/aromatic N) is 3. The number of halogens is 2. The average molecular weight is 425 g/mol. The van der Waals surface area contributed by atoms with Gasteiger partial charge < -0.3 is 10.2 Å². The number of amides is 3. The zero-order valence-electron chi connectivity index (χ0n) is 15.9. The van der Waals surface area contributed by atoms with Gasteiger partial charge in [0.2, 0.25) is 0 Å². The molecule has 0 spiro atoms. The Bertz CT molecular complexity index is 1070. The normalized spacial score (nSPS) is 13.6. The van der Waals surface area contributed by atoms with E-state index in [2.05, 4.69) is 10.3 Å². The number of carbonyl (C=O) groups excluding carboxylic acids is 2. The molecule has 152 valence electrons. The largest absolute Gasteiger partial charge is 0.326 e. The molecule has 1 fully saturated rings. The predicted octanol–water partition coefficient (Wildman–Crippen LogP) is 4.57. The number of hydrogen-bond donors (Lipinski definition) is 1. The number of urea groups is 1. The molecule has 1 aliphatic heterocycles. The van der Waals surface area contributed by atoms with E-state index in [0.29, 0.717) is 41.7 Å². The van der Waals surface area contributed by atoms with Crippen LogP contribution in [0.4, 0.5) is 20.7 Å². The molecule has 0 aliphatic carbocycles. The van der Waals surface area contributed by atoms with Crippen molar-refractivity contribution in [1.29, 1.82) is 0 Å². The number of rotatable bonds is 5. The smallest absolute Gasteiger partial charge is 0.321 e. The Balaban J connectivity index is 1.39. The zero-order chi connectivity index (χ0) is 21.1. The van der Waals surface area contributed by atoms with Crippen molar-refractivity contribution in [2.45, 2.75) is 6.54 Å². The van der Waals surface area contributed by atoms with E-state index in [4.69, 9.17) is 11.6 Å². The molecule has 0 saturated carbocycles. The van der Waals surface area contributed by atoms with Gasteiger partial charge in [-0.3, -0.25) is 9.69 Å². The van der Waals surface area contributed by atoms with E-state index in [0.717, 1.165) is 5.56 Å². The molecule has 0 bridgehead atoms. The molecule has 2 aromatic carbocycles. The fraction of sp³-hybridized carbons (Fsp3) is 0.136. The van der Waals surface area contributed by atoms with Crippen molar-refractivity contribution < 1.29 is 14.0 Å². The van der Waals surface area contributed by atoms with E-state index in [1.165, 1.54) is 18.3 Å². The van der Waals surface area contributed by atoms with Crippen LogP contribution in [-0.4, -0.2) is 34.9 Å². The molecule has 6 nitrogen and oxygen atoms in total. The summed E-state index contributed by atoms with van der Waals surface area (Å²) in [6, 6.07) is 16.0. The topological polar surface area (TPSA) is 65.5 Å². The first kappa shape index (κ1) is 19.8. The van der Waals surface area contributed by atoms with E-state index in [1.807, 2.05) is 0 Å². The molecule has 1 aromatic heterocycles. The predicted molar refractivity (Wildman–Crippen MR) is 113 cm³/mol. The maximum absolute atomic E-state index is 13.1. The summed E-state index contributed by atoms with van der Waals surface area (Å²) >= 11 is 5.92. The summed E-state index contributed by atoms with van der Waals surface area (Å²) in [7, 11) is 0. The first-order chi connectivity index (χ1) is 14.5. The van der Waals surface area contributed by atoms with Crippen LogP contribution in [0.5, 0.6) is 0 Å². The minimum absolute atomic E-state index is 0.164. The van der Waals surface area contributed by atoms with Crippen molar-refractivity contribution >= 4 is 35.0 Å². The van der Waals surface area contributed by atoms with Crippen LogP contribution in [-0.2, 0) is 6.54 Å². The molecule has 8 heteroatoms. The first-order valence-corrected chi connectivity index (χ1v) is 9.71. The van der Waals surface area contributed by atoms with Crippen LogP contribution in [0.2, 0.25) is 5.02 Å². The fourth-order valence-corrected chi connectivity index (χ4v) is 3.40. The molecule has 1 aliphatic rings. The minimum Gasteiger partial charge on any atom is -0.321 e. The van der Waals surface area contributed by atoms with E-state index < -0.39 is 0 Å². The van der Waals surface area contributed by atoms with Crippen LogP contribution < -0.4 is 10.2 Å². The summed E-state index contributed by atoms with van der Waals surface area (Å²) in [5, 5.41) is 3.24. The van der Waals surface area contributed by atoms with Gasteiger partial charge in [0.1, 0.15) is 11.6 Å². The molecule has 0 unspecified atom stereocenters. The quantitative estimate of drug-likeness (QED) is 0.652. The molecule has 0 atom stereocenters. The van der Waals surface area contributed by atoms with Gasteiger partial charge >= 0.3 is 6.03 Å². The lowest BCUT2D eigenvalue weighted by Gasteiger charge is -2.18. The Morgan fingerprint density at radius 3 is 2.60 bits per heavy atom. The number of carbonyl (C=O) groups is 2. The summed E-state index contributed by atoms with van der Waals surface area (Å²) in [6.07, 6.45) is 1.51. The highest BCUT2D eigenvalue weighted by Gasteiger charge is 2.30. The molecule has 1 saturated heterocycles. The molecule has 2 heterocycles. The maximum atomic E-state index is 13.1. The number of anilines is 2. The Labute approximate surface area is 177 Å². The fourth-order valence-electron chi connectivity index (χ4n) is 3.20. The molecule has 4 rings (SSSR count). The van der Waals surface area contributed by atoms with Crippen LogP contribution in [0.25, 0.3) is 0 Å². The monoisotopic (exact) mass is 424 g/mol. The molecule has 3 aromatic rings. The Hall–Kier alpha value is -3.45. The third-order valence-electron chi connectivity index (χ3n) is 4.75. The first-order valence-electron chi connectivity index (χ1n) is 9.33. The molecule has 0 radical (unpaired) electrons. The molecular formula is C22H18ClFN4O2. The number of pyridine rings is 1. The van der Waals surface area contributed by atoms with Crippen molar-refractivity contribution in [3.63, 3.8) is 0 Å². The van der Waals surface area contributed by atoms with Crippen LogP contribution in [0.15, 0.2) is 66.9 Å². The summed E-state index contributed by atoms with van der Waals surface area (Å²) in [5.74, 6) is -0.1000. The van der Waals surface area contributed by atoms with Gasteiger partial charge in [-0.05, 0) is 48.0 Å². The highest BCUT2D eigenvalue weighted by molar-refractivity contribution is 6.31. The van der Waals surface area contributed by atoms with Gasteiger partial charge in [-0.15, -0.1) is 0 Å². The summed E-state index contributed by atoms with van der Waals surface area (Å²) < 4.78 is 13.1.